The number of methoxy groups -OCH3 is 2. The number of hydrogen-bond donors (Lipinski definition) is 0. The first kappa shape index (κ1) is 33.7. The van der Waals surface area contributed by atoms with E-state index in [4.69, 9.17) is 28.4 Å². The number of alkyl halides is 1. The van der Waals surface area contributed by atoms with Gasteiger partial charge in [-0.1, -0.05) is 9.24 Å². The third-order valence-corrected chi connectivity index (χ3v) is 7.71. The number of nitrogens with zero attached hydrogens (tertiary/aromatic N) is 2. The van der Waals surface area contributed by atoms with Crippen LogP contribution in [0.25, 0.3) is 0 Å². The summed E-state index contributed by atoms with van der Waals surface area (Å²) in [7, 11) is 4.99. The zero-order chi connectivity index (χ0) is 31.5. The van der Waals surface area contributed by atoms with Gasteiger partial charge in [-0.25, -0.2) is 9.59 Å². The van der Waals surface area contributed by atoms with Crippen molar-refractivity contribution in [2.75, 3.05) is 66.7 Å². The van der Waals surface area contributed by atoms with Crippen molar-refractivity contribution < 1.29 is 42.4 Å². The molecule has 0 N–H and O–H groups in total. The molecule has 5 atom stereocenters. The first-order valence-corrected chi connectivity index (χ1v) is 15.7. The summed E-state index contributed by atoms with van der Waals surface area (Å²) in [5.41, 5.74) is -1.23. The van der Waals surface area contributed by atoms with Crippen molar-refractivity contribution >= 4 is 21.2 Å². The van der Waals surface area contributed by atoms with Crippen LogP contribution < -0.4 is 18.9 Å². The number of carbonyl (C=O) groups excluding carboxylic acids is 2. The smallest absolute Gasteiger partial charge is 0.338 e. The van der Waals surface area contributed by atoms with Gasteiger partial charge in [0, 0.05) is 33.1 Å². The number of hydrogen-bond acceptors (Lipinski definition) is 10. The van der Waals surface area contributed by atoms with Gasteiger partial charge in [-0.2, -0.15) is 4.39 Å². The maximum Gasteiger partial charge on any atom is 0.338 e. The highest BCUT2D eigenvalue weighted by molar-refractivity contribution is 7.18. The van der Waals surface area contributed by atoms with Crippen molar-refractivity contribution in [3.63, 3.8) is 0 Å². The van der Waals surface area contributed by atoms with Gasteiger partial charge in [-0.15, -0.1) is 0 Å². The Balaban J connectivity index is 1.49. The van der Waals surface area contributed by atoms with Crippen LogP contribution in [-0.4, -0.2) is 100 Å². The molecule has 2 aliphatic heterocycles. The molecule has 0 amide bonds. The van der Waals surface area contributed by atoms with Crippen LogP contribution >= 0.6 is 9.24 Å². The van der Waals surface area contributed by atoms with E-state index in [0.717, 1.165) is 52.1 Å². The summed E-state index contributed by atoms with van der Waals surface area (Å²) in [6, 6.07) is 9.43. The number of esters is 2. The molecule has 5 unspecified atom stereocenters. The van der Waals surface area contributed by atoms with E-state index < -0.39 is 17.5 Å². The summed E-state index contributed by atoms with van der Waals surface area (Å²) in [4.78, 5) is 30.8. The molecule has 1 saturated heterocycles. The molecule has 0 aromatic heterocycles. The highest BCUT2D eigenvalue weighted by Crippen LogP contribution is 2.39. The Morgan fingerprint density at radius 3 is 2.27 bits per heavy atom. The topological polar surface area (TPSA) is 96.0 Å². The summed E-state index contributed by atoms with van der Waals surface area (Å²) in [5, 5.41) is 0. The van der Waals surface area contributed by atoms with Gasteiger partial charge >= 0.3 is 11.9 Å². The van der Waals surface area contributed by atoms with Crippen LogP contribution in [0.3, 0.4) is 0 Å². The predicted octanol–water partition coefficient (Wildman–Crippen LogP) is 4.94. The maximum atomic E-state index is 13.8. The molecule has 10 nitrogen and oxygen atoms in total. The first-order valence-electron chi connectivity index (χ1n) is 15.1. The van der Waals surface area contributed by atoms with Crippen LogP contribution in [0, 0.1) is 0 Å². The van der Waals surface area contributed by atoms with Crippen LogP contribution in [0.4, 0.5) is 4.39 Å². The number of cyclic esters (lactones) is 1. The minimum Gasteiger partial charge on any atom is -0.493 e. The van der Waals surface area contributed by atoms with Gasteiger partial charge in [0.1, 0.15) is 11.9 Å². The molecular formula is C32H44FN2O8P. The second-order valence-corrected chi connectivity index (χ2v) is 12.2. The normalized spacial score (nSPS) is 23.3. The van der Waals surface area contributed by atoms with Crippen molar-refractivity contribution in [3.8, 4) is 23.0 Å². The van der Waals surface area contributed by atoms with Crippen molar-refractivity contribution in [2.24, 2.45) is 0 Å². The van der Waals surface area contributed by atoms with E-state index >= 15 is 0 Å². The molecule has 12 heteroatoms. The summed E-state index contributed by atoms with van der Waals surface area (Å²) in [5.74, 6) is 0.533. The van der Waals surface area contributed by atoms with E-state index in [0.29, 0.717) is 66.6 Å². The lowest BCUT2D eigenvalue weighted by Crippen LogP contribution is -2.34. The van der Waals surface area contributed by atoms with Gasteiger partial charge in [0.2, 0.25) is 5.75 Å². The zero-order valence-corrected chi connectivity index (χ0v) is 27.0. The lowest BCUT2D eigenvalue weighted by atomic mass is 10.1. The summed E-state index contributed by atoms with van der Waals surface area (Å²) in [6.45, 7) is 7.33. The Morgan fingerprint density at radius 1 is 0.909 bits per heavy atom. The van der Waals surface area contributed by atoms with E-state index in [9.17, 15) is 14.0 Å². The lowest BCUT2D eigenvalue weighted by molar-refractivity contribution is 0.0221. The molecule has 0 radical (unpaired) electrons. The summed E-state index contributed by atoms with van der Waals surface area (Å²) in [6.07, 6.45) is 3.26. The summed E-state index contributed by atoms with van der Waals surface area (Å²) < 4.78 is 47.6. The first-order chi connectivity index (χ1) is 21.1. The van der Waals surface area contributed by atoms with Crippen molar-refractivity contribution in [3.05, 3.63) is 47.5 Å². The monoisotopic (exact) mass is 634 g/mol. The zero-order valence-electron chi connectivity index (χ0n) is 25.8. The molecule has 0 saturated carbocycles. The van der Waals surface area contributed by atoms with E-state index in [2.05, 4.69) is 9.80 Å². The molecule has 44 heavy (non-hydrogen) atoms. The number of carbonyl (C=O) groups is 2. The molecular weight excluding hydrogens is 590 g/mol. The number of benzene rings is 2. The molecule has 0 aliphatic carbocycles. The van der Waals surface area contributed by atoms with Crippen LogP contribution in [0.1, 0.15) is 59.7 Å². The average Bonchev–Trinajstić information content (AvgIpc) is 3.23. The molecule has 2 aromatic carbocycles. The van der Waals surface area contributed by atoms with Gasteiger partial charge in [-0.05, 0) is 81.6 Å². The van der Waals surface area contributed by atoms with E-state index in [1.807, 2.05) is 9.24 Å². The van der Waals surface area contributed by atoms with Gasteiger partial charge < -0.3 is 38.2 Å². The van der Waals surface area contributed by atoms with Crippen molar-refractivity contribution in [2.45, 2.75) is 50.7 Å². The molecule has 2 aliphatic rings. The third kappa shape index (κ3) is 10.2. The fourth-order valence-electron chi connectivity index (χ4n) is 5.35. The Morgan fingerprint density at radius 2 is 1.59 bits per heavy atom. The standard InChI is InChI=1S/C32H44FN2O8P/c1-32(33,44)43-26-10-8-23(9-11-26)31(37)42-25-7-4-19-40-28-22-24(21-27(38-2)29(28)39-3)30(36)41-20-6-15-34-13-5-14-35(16-12-25)18-17-34/h8-11,21-22,25H,4-7,12-20,44H2,1-3H3. The van der Waals surface area contributed by atoms with E-state index in [-0.39, 0.29) is 6.10 Å². The molecule has 2 aromatic rings. The highest BCUT2D eigenvalue weighted by atomic mass is 31.0. The average molecular weight is 635 g/mol. The second-order valence-electron chi connectivity index (χ2n) is 11.2. The fraction of sp³-hybridized carbons (Fsp3) is 0.562. The SMILES string of the molecule is COc1cc2cc(c1OC)OCCCC(OC(=O)c1ccc(OC(C)(F)P)cc1)CCN1CCCN(CCCOC2=O)CC1. The minimum absolute atomic E-state index is 0.299. The molecule has 242 valence electrons. The van der Waals surface area contributed by atoms with Crippen molar-refractivity contribution in [1.29, 1.82) is 0 Å². The number of ether oxygens (including phenoxy) is 6. The van der Waals surface area contributed by atoms with Crippen LogP contribution in [0.2, 0.25) is 0 Å². The molecule has 0 spiro atoms. The predicted molar refractivity (Wildman–Crippen MR) is 167 cm³/mol. The molecule has 4 bridgehead atoms. The van der Waals surface area contributed by atoms with Crippen LogP contribution in [-0.2, 0) is 9.47 Å². The Bertz CT molecular complexity index is 1240. The highest BCUT2D eigenvalue weighted by Gasteiger charge is 2.23. The third-order valence-electron chi connectivity index (χ3n) is 7.59. The molecule has 2 heterocycles. The van der Waals surface area contributed by atoms with E-state index in [1.165, 1.54) is 21.1 Å². The quantitative estimate of drug-likeness (QED) is 0.321. The molecule has 1 fully saturated rings. The lowest BCUT2D eigenvalue weighted by Gasteiger charge is -2.24. The fourth-order valence-corrected chi connectivity index (χ4v) is 5.49. The van der Waals surface area contributed by atoms with Gasteiger partial charge in [0.15, 0.2) is 11.5 Å². The maximum absolute atomic E-state index is 13.8. The Kier molecular flexibility index (Phi) is 12.5. The summed E-state index contributed by atoms with van der Waals surface area (Å²) >= 11 is 0. The number of rotatable bonds is 6. The Labute approximate surface area is 261 Å². The minimum atomic E-state index is -1.91. The van der Waals surface area contributed by atoms with Crippen LogP contribution in [0.5, 0.6) is 23.0 Å². The number of halogens is 1. The van der Waals surface area contributed by atoms with Gasteiger partial charge in [0.25, 0.3) is 5.60 Å². The largest absolute Gasteiger partial charge is 0.493 e. The second kappa shape index (κ2) is 16.3. The van der Waals surface area contributed by atoms with Crippen molar-refractivity contribution in [1.82, 2.24) is 9.80 Å². The molecule has 4 rings (SSSR count). The van der Waals surface area contributed by atoms with Crippen LogP contribution in [0.15, 0.2) is 36.4 Å². The van der Waals surface area contributed by atoms with Gasteiger partial charge in [-0.3, -0.25) is 0 Å². The number of fused-ring (bicyclic) bond motifs is 5. The van der Waals surface area contributed by atoms with Gasteiger partial charge in [0.05, 0.1) is 38.6 Å². The van der Waals surface area contributed by atoms with E-state index in [1.54, 1.807) is 36.4 Å². The Hall–Kier alpha value is -3.14.